The van der Waals surface area contributed by atoms with E-state index < -0.39 is 17.8 Å². The summed E-state index contributed by atoms with van der Waals surface area (Å²) in [4.78, 5) is 24.0. The summed E-state index contributed by atoms with van der Waals surface area (Å²) in [5, 5.41) is 0. The van der Waals surface area contributed by atoms with Crippen LogP contribution in [0.4, 0.5) is 4.39 Å². The number of ether oxygens (including phenoxy) is 2. The number of halogens is 1. The number of hydrogen-bond acceptors (Lipinski definition) is 4. The van der Waals surface area contributed by atoms with Crippen molar-refractivity contribution in [3.8, 4) is 5.75 Å². The van der Waals surface area contributed by atoms with E-state index in [-0.39, 0.29) is 17.9 Å². The summed E-state index contributed by atoms with van der Waals surface area (Å²) in [5.74, 6) is -1.19. The van der Waals surface area contributed by atoms with E-state index in [4.69, 9.17) is 9.47 Å². The van der Waals surface area contributed by atoms with Crippen molar-refractivity contribution in [3.05, 3.63) is 101 Å². The highest BCUT2D eigenvalue weighted by Gasteiger charge is 2.11. The van der Waals surface area contributed by atoms with Crippen molar-refractivity contribution >= 4 is 11.9 Å². The normalized spacial score (nSPS) is 10.3. The maximum Gasteiger partial charge on any atom is 0.343 e. The molecule has 0 N–H and O–H groups in total. The van der Waals surface area contributed by atoms with Crippen LogP contribution in [-0.2, 0) is 11.2 Å². The molecule has 0 aliphatic heterocycles. The van der Waals surface area contributed by atoms with Crippen molar-refractivity contribution in [1.82, 2.24) is 0 Å². The summed E-state index contributed by atoms with van der Waals surface area (Å²) in [6, 6.07) is 20.9. The molecule has 0 saturated carbocycles. The highest BCUT2D eigenvalue weighted by Crippen LogP contribution is 2.15. The molecule has 0 amide bonds. The van der Waals surface area contributed by atoms with E-state index in [0.29, 0.717) is 12.0 Å². The summed E-state index contributed by atoms with van der Waals surface area (Å²) in [6.45, 7) is 0.282. The molecule has 3 aromatic rings. The van der Waals surface area contributed by atoms with Gasteiger partial charge in [0, 0.05) is 6.42 Å². The van der Waals surface area contributed by atoms with Crippen LogP contribution in [0.5, 0.6) is 5.75 Å². The maximum atomic E-state index is 12.9. The van der Waals surface area contributed by atoms with E-state index in [2.05, 4.69) is 0 Å². The van der Waals surface area contributed by atoms with Crippen LogP contribution in [0.3, 0.4) is 0 Å². The lowest BCUT2D eigenvalue weighted by atomic mass is 10.2. The molecule has 136 valence electrons. The highest BCUT2D eigenvalue weighted by molar-refractivity contribution is 5.92. The fourth-order valence-corrected chi connectivity index (χ4v) is 2.40. The second-order valence-corrected chi connectivity index (χ2v) is 5.79. The predicted octanol–water partition coefficient (Wildman–Crippen LogP) is 4.44. The van der Waals surface area contributed by atoms with Gasteiger partial charge in [0.1, 0.15) is 11.6 Å². The van der Waals surface area contributed by atoms with Crippen LogP contribution in [-0.4, -0.2) is 18.5 Å². The van der Waals surface area contributed by atoms with Gasteiger partial charge in [-0.1, -0.05) is 30.3 Å². The Morgan fingerprint density at radius 1 is 0.741 bits per heavy atom. The zero-order chi connectivity index (χ0) is 19.1. The molecule has 27 heavy (non-hydrogen) atoms. The third-order valence-electron chi connectivity index (χ3n) is 3.85. The summed E-state index contributed by atoms with van der Waals surface area (Å²) in [7, 11) is 0. The SMILES string of the molecule is O=C(OCCc1ccccc1)c1ccc(OC(=O)c2ccc(F)cc2)cc1. The van der Waals surface area contributed by atoms with Gasteiger partial charge in [-0.15, -0.1) is 0 Å². The molecule has 0 aromatic heterocycles. The van der Waals surface area contributed by atoms with Crippen molar-refractivity contribution in [3.63, 3.8) is 0 Å². The number of rotatable bonds is 6. The summed E-state index contributed by atoms with van der Waals surface area (Å²) in [6.07, 6.45) is 0.639. The molecular weight excluding hydrogens is 347 g/mol. The molecule has 4 nitrogen and oxygen atoms in total. The van der Waals surface area contributed by atoms with Crippen LogP contribution in [0.2, 0.25) is 0 Å². The van der Waals surface area contributed by atoms with Crippen molar-refractivity contribution in [2.24, 2.45) is 0 Å². The van der Waals surface area contributed by atoms with Gasteiger partial charge in [0.05, 0.1) is 17.7 Å². The van der Waals surface area contributed by atoms with Crippen molar-refractivity contribution in [2.75, 3.05) is 6.61 Å². The first-order valence-corrected chi connectivity index (χ1v) is 8.41. The monoisotopic (exact) mass is 364 g/mol. The van der Waals surface area contributed by atoms with Gasteiger partial charge in [-0.25, -0.2) is 14.0 Å². The van der Waals surface area contributed by atoms with Crippen LogP contribution in [0.25, 0.3) is 0 Å². The van der Waals surface area contributed by atoms with Crippen LogP contribution >= 0.6 is 0 Å². The molecule has 0 radical (unpaired) electrons. The Balaban J connectivity index is 1.52. The number of benzene rings is 3. The van der Waals surface area contributed by atoms with Gasteiger partial charge in [-0.2, -0.15) is 0 Å². The first-order valence-electron chi connectivity index (χ1n) is 8.41. The first-order chi connectivity index (χ1) is 13.1. The minimum absolute atomic E-state index is 0.237. The second kappa shape index (κ2) is 8.76. The van der Waals surface area contributed by atoms with Crippen LogP contribution in [0.15, 0.2) is 78.9 Å². The third kappa shape index (κ3) is 5.25. The Morgan fingerprint density at radius 3 is 2.00 bits per heavy atom. The molecule has 0 fully saturated rings. The minimum atomic E-state index is -0.604. The lowest BCUT2D eigenvalue weighted by molar-refractivity contribution is 0.0509. The Hall–Kier alpha value is -3.47. The molecule has 5 heteroatoms. The third-order valence-corrected chi connectivity index (χ3v) is 3.85. The average Bonchev–Trinajstić information content (AvgIpc) is 2.70. The van der Waals surface area contributed by atoms with Gasteiger partial charge in [-0.3, -0.25) is 0 Å². The van der Waals surface area contributed by atoms with E-state index in [9.17, 15) is 14.0 Å². The lowest BCUT2D eigenvalue weighted by Crippen LogP contribution is -2.10. The van der Waals surface area contributed by atoms with E-state index in [1.807, 2.05) is 30.3 Å². The Bertz CT molecular complexity index is 903. The molecule has 3 rings (SSSR count). The quantitative estimate of drug-likeness (QED) is 0.479. The molecule has 0 spiro atoms. The van der Waals surface area contributed by atoms with Crippen molar-refractivity contribution in [2.45, 2.75) is 6.42 Å². The summed E-state index contributed by atoms with van der Waals surface area (Å²) < 4.78 is 23.3. The Labute approximate surface area is 156 Å². The molecule has 0 saturated heterocycles. The summed E-state index contributed by atoms with van der Waals surface area (Å²) >= 11 is 0. The van der Waals surface area contributed by atoms with E-state index in [1.165, 1.54) is 48.5 Å². The molecule has 0 unspecified atom stereocenters. The van der Waals surface area contributed by atoms with Gasteiger partial charge in [0.15, 0.2) is 0 Å². The molecule has 0 bridgehead atoms. The van der Waals surface area contributed by atoms with E-state index >= 15 is 0 Å². The van der Waals surface area contributed by atoms with Crippen LogP contribution < -0.4 is 4.74 Å². The molecular formula is C22H17FO4. The molecule has 0 aliphatic rings. The van der Waals surface area contributed by atoms with Gasteiger partial charge in [0.2, 0.25) is 0 Å². The van der Waals surface area contributed by atoms with Crippen LogP contribution in [0, 0.1) is 5.82 Å². The number of esters is 2. The number of hydrogen-bond donors (Lipinski definition) is 0. The molecule has 3 aromatic carbocycles. The predicted molar refractivity (Wildman–Crippen MR) is 98.2 cm³/mol. The van der Waals surface area contributed by atoms with Crippen molar-refractivity contribution < 1.29 is 23.5 Å². The average molecular weight is 364 g/mol. The molecule has 0 aliphatic carbocycles. The number of carbonyl (C=O) groups is 2. The molecule has 0 heterocycles. The van der Waals surface area contributed by atoms with E-state index in [0.717, 1.165) is 5.56 Å². The van der Waals surface area contributed by atoms with E-state index in [1.54, 1.807) is 0 Å². The zero-order valence-corrected chi connectivity index (χ0v) is 14.4. The first kappa shape index (κ1) is 18.3. The lowest BCUT2D eigenvalue weighted by Gasteiger charge is -2.07. The Kier molecular flexibility index (Phi) is 5.94. The highest BCUT2D eigenvalue weighted by atomic mass is 19.1. The molecule has 0 atom stereocenters. The Morgan fingerprint density at radius 2 is 1.33 bits per heavy atom. The fraction of sp³-hybridized carbons (Fsp3) is 0.0909. The van der Waals surface area contributed by atoms with Gasteiger partial charge >= 0.3 is 11.9 Å². The maximum absolute atomic E-state index is 12.9. The second-order valence-electron chi connectivity index (χ2n) is 5.79. The number of carbonyl (C=O) groups excluding carboxylic acids is 2. The van der Waals surface area contributed by atoms with Gasteiger partial charge in [0.25, 0.3) is 0 Å². The van der Waals surface area contributed by atoms with Crippen LogP contribution in [0.1, 0.15) is 26.3 Å². The smallest absolute Gasteiger partial charge is 0.343 e. The topological polar surface area (TPSA) is 52.6 Å². The van der Waals surface area contributed by atoms with Crippen molar-refractivity contribution in [1.29, 1.82) is 0 Å². The van der Waals surface area contributed by atoms with Gasteiger partial charge < -0.3 is 9.47 Å². The minimum Gasteiger partial charge on any atom is -0.462 e. The fourth-order valence-electron chi connectivity index (χ4n) is 2.40. The largest absolute Gasteiger partial charge is 0.462 e. The standard InChI is InChI=1S/C22H17FO4/c23-19-10-6-18(7-11-19)22(25)27-20-12-8-17(9-13-20)21(24)26-15-14-16-4-2-1-3-5-16/h1-13H,14-15H2. The summed E-state index contributed by atoms with van der Waals surface area (Å²) in [5.41, 5.74) is 1.69. The zero-order valence-electron chi connectivity index (χ0n) is 14.4. The van der Waals surface area contributed by atoms with Gasteiger partial charge in [-0.05, 0) is 54.1 Å².